The van der Waals surface area contributed by atoms with Gasteiger partial charge in [0.2, 0.25) is 0 Å². The number of esters is 1. The first-order chi connectivity index (χ1) is 9.87. The second-order valence-electron chi connectivity index (χ2n) is 4.33. The predicted molar refractivity (Wildman–Crippen MR) is 68.3 cm³/mol. The molecule has 0 saturated heterocycles. The molecule has 0 aliphatic rings. The van der Waals surface area contributed by atoms with E-state index in [4.69, 9.17) is 9.84 Å². The molecule has 8 nitrogen and oxygen atoms in total. The molecule has 0 spiro atoms. The Balaban J connectivity index is 2.60. The van der Waals surface area contributed by atoms with E-state index >= 15 is 0 Å². The van der Waals surface area contributed by atoms with Crippen LogP contribution in [0, 0.1) is 0 Å². The van der Waals surface area contributed by atoms with Crippen molar-refractivity contribution in [1.82, 2.24) is 0 Å². The van der Waals surface area contributed by atoms with Crippen molar-refractivity contribution in [2.75, 3.05) is 0 Å². The Hall–Kier alpha value is -2.45. The number of carbonyl (C=O) groups is 3. The normalized spacial score (nSPS) is 13.0. The van der Waals surface area contributed by atoms with Crippen LogP contribution in [0.2, 0.25) is 0 Å². The van der Waals surface area contributed by atoms with E-state index < -0.39 is 36.4 Å². The molecule has 1 atom stereocenters. The van der Waals surface area contributed by atoms with Gasteiger partial charge in [0.05, 0.1) is 12.8 Å². The number of ether oxygens (including phenoxy) is 1. The van der Waals surface area contributed by atoms with Gasteiger partial charge in [0.1, 0.15) is 6.61 Å². The molecular weight excluding hydrogens is 282 g/mol. The third-order valence-electron chi connectivity index (χ3n) is 2.65. The second kappa shape index (κ2) is 7.36. The molecule has 1 aromatic carbocycles. The Morgan fingerprint density at radius 3 is 2.19 bits per heavy atom. The molecule has 8 heteroatoms. The van der Waals surface area contributed by atoms with Gasteiger partial charge in [0, 0.05) is 0 Å². The van der Waals surface area contributed by atoms with Gasteiger partial charge >= 0.3 is 17.9 Å². The minimum Gasteiger partial charge on any atom is -0.479 e. The highest BCUT2D eigenvalue weighted by Gasteiger charge is 2.42. The minimum absolute atomic E-state index is 0.0727. The molecule has 0 aliphatic heterocycles. The molecule has 21 heavy (non-hydrogen) atoms. The molecule has 0 bridgehead atoms. The fourth-order valence-electron chi connectivity index (χ4n) is 1.52. The summed E-state index contributed by atoms with van der Waals surface area (Å²) in [5.41, 5.74) is -1.92. The molecule has 0 aliphatic carbocycles. The Kier molecular flexibility index (Phi) is 5.82. The van der Waals surface area contributed by atoms with E-state index in [1.807, 2.05) is 0 Å². The Bertz CT molecular complexity index is 517. The zero-order valence-electron chi connectivity index (χ0n) is 11.0. The number of rotatable bonds is 7. The van der Waals surface area contributed by atoms with Gasteiger partial charge in [0.25, 0.3) is 0 Å². The van der Waals surface area contributed by atoms with E-state index in [1.165, 1.54) is 0 Å². The van der Waals surface area contributed by atoms with Crippen molar-refractivity contribution in [2.24, 2.45) is 5.90 Å². The molecule has 0 amide bonds. The number of aliphatic carboxylic acids is 1. The molecule has 0 aromatic heterocycles. The maximum atomic E-state index is 11.6. The van der Waals surface area contributed by atoms with E-state index in [2.05, 4.69) is 10.7 Å². The van der Waals surface area contributed by atoms with Crippen LogP contribution in [0.1, 0.15) is 18.4 Å². The monoisotopic (exact) mass is 297 g/mol. The number of carboxylic acids is 1. The van der Waals surface area contributed by atoms with Crippen molar-refractivity contribution >= 4 is 17.9 Å². The molecule has 0 fully saturated rings. The largest absolute Gasteiger partial charge is 0.479 e. The SMILES string of the molecule is NOC(=O)CC(O)(CC(=O)OCc1ccccc1)C(=O)O. The molecule has 0 saturated carbocycles. The summed E-state index contributed by atoms with van der Waals surface area (Å²) >= 11 is 0. The molecule has 1 aromatic rings. The lowest BCUT2D eigenvalue weighted by molar-refractivity contribution is -0.173. The highest BCUT2D eigenvalue weighted by Crippen LogP contribution is 2.18. The summed E-state index contributed by atoms with van der Waals surface area (Å²) in [6.07, 6.45) is -1.86. The summed E-state index contributed by atoms with van der Waals surface area (Å²) in [7, 11) is 0. The van der Waals surface area contributed by atoms with Gasteiger partial charge in [0.15, 0.2) is 5.60 Å². The van der Waals surface area contributed by atoms with Gasteiger partial charge in [-0.3, -0.25) is 9.59 Å². The fourth-order valence-corrected chi connectivity index (χ4v) is 1.52. The van der Waals surface area contributed by atoms with Gasteiger partial charge < -0.3 is 19.8 Å². The maximum Gasteiger partial charge on any atom is 0.336 e. The van der Waals surface area contributed by atoms with Crippen molar-refractivity contribution in [3.63, 3.8) is 0 Å². The van der Waals surface area contributed by atoms with Gasteiger partial charge in [-0.05, 0) is 5.56 Å². The van der Waals surface area contributed by atoms with Crippen LogP contribution < -0.4 is 5.90 Å². The molecule has 114 valence electrons. The summed E-state index contributed by atoms with van der Waals surface area (Å²) < 4.78 is 4.84. The van der Waals surface area contributed by atoms with E-state index in [-0.39, 0.29) is 6.61 Å². The van der Waals surface area contributed by atoms with Crippen molar-refractivity contribution in [3.8, 4) is 0 Å². The van der Waals surface area contributed by atoms with Crippen molar-refractivity contribution in [3.05, 3.63) is 35.9 Å². The average Bonchev–Trinajstić information content (AvgIpc) is 2.45. The molecular formula is C13H15NO7. The zero-order chi connectivity index (χ0) is 15.9. The molecule has 0 heterocycles. The number of hydrogen-bond donors (Lipinski definition) is 3. The van der Waals surface area contributed by atoms with Crippen LogP contribution in [-0.4, -0.2) is 33.7 Å². The first kappa shape index (κ1) is 16.6. The van der Waals surface area contributed by atoms with Crippen molar-refractivity contribution < 1.29 is 34.2 Å². The smallest absolute Gasteiger partial charge is 0.336 e. The summed E-state index contributed by atoms with van der Waals surface area (Å²) in [5, 5.41) is 18.7. The second-order valence-corrected chi connectivity index (χ2v) is 4.33. The fraction of sp³-hybridized carbons (Fsp3) is 0.308. The van der Waals surface area contributed by atoms with Crippen LogP contribution in [0.25, 0.3) is 0 Å². The van der Waals surface area contributed by atoms with Crippen LogP contribution in [0.3, 0.4) is 0 Å². The maximum absolute atomic E-state index is 11.6. The number of benzene rings is 1. The highest BCUT2D eigenvalue weighted by atomic mass is 16.7. The number of hydrogen-bond acceptors (Lipinski definition) is 7. The van der Waals surface area contributed by atoms with E-state index in [0.29, 0.717) is 5.56 Å². The molecule has 1 rings (SSSR count). The van der Waals surface area contributed by atoms with Crippen molar-refractivity contribution in [1.29, 1.82) is 0 Å². The number of aliphatic hydroxyl groups is 1. The summed E-state index contributed by atoms with van der Waals surface area (Å²) in [6, 6.07) is 8.69. The zero-order valence-corrected chi connectivity index (χ0v) is 11.0. The first-order valence-corrected chi connectivity index (χ1v) is 5.92. The summed E-state index contributed by atoms with van der Waals surface area (Å²) in [5.74, 6) is 0.708. The van der Waals surface area contributed by atoms with Gasteiger partial charge in [-0.2, -0.15) is 5.90 Å². The van der Waals surface area contributed by atoms with Crippen molar-refractivity contribution in [2.45, 2.75) is 25.0 Å². The Labute approximate surface area is 120 Å². The van der Waals surface area contributed by atoms with E-state index in [9.17, 15) is 19.5 Å². The molecule has 0 radical (unpaired) electrons. The number of nitrogens with two attached hydrogens (primary N) is 1. The van der Waals surface area contributed by atoms with Crippen LogP contribution in [-0.2, 0) is 30.6 Å². The average molecular weight is 297 g/mol. The highest BCUT2D eigenvalue weighted by molar-refractivity contribution is 5.88. The summed E-state index contributed by atoms with van der Waals surface area (Å²) in [4.78, 5) is 37.3. The van der Waals surface area contributed by atoms with Gasteiger partial charge in [-0.25, -0.2) is 4.79 Å². The predicted octanol–water partition coefficient (Wildman–Crippen LogP) is -0.257. The third kappa shape index (κ3) is 5.21. The standard InChI is InChI=1S/C13H15NO7/c14-21-11(16)7-13(19,12(17)18)6-10(15)20-8-9-4-2-1-3-5-9/h1-5,19H,6-8,14H2,(H,17,18). The Morgan fingerprint density at radius 2 is 1.67 bits per heavy atom. The minimum atomic E-state index is -2.62. The Morgan fingerprint density at radius 1 is 1.10 bits per heavy atom. The van der Waals surface area contributed by atoms with E-state index in [1.54, 1.807) is 30.3 Å². The van der Waals surface area contributed by atoms with Crippen LogP contribution in [0.15, 0.2) is 30.3 Å². The quantitative estimate of drug-likeness (QED) is 0.462. The topological polar surface area (TPSA) is 136 Å². The van der Waals surface area contributed by atoms with Crippen LogP contribution in [0.5, 0.6) is 0 Å². The number of carboxylic acid groups (broad SMARTS) is 1. The lowest BCUT2D eigenvalue weighted by Crippen LogP contribution is -2.43. The first-order valence-electron chi connectivity index (χ1n) is 5.92. The number of carbonyl (C=O) groups excluding carboxylic acids is 2. The van der Waals surface area contributed by atoms with Gasteiger partial charge in [-0.15, -0.1) is 0 Å². The van der Waals surface area contributed by atoms with Gasteiger partial charge in [-0.1, -0.05) is 30.3 Å². The van der Waals surface area contributed by atoms with Crippen LogP contribution >= 0.6 is 0 Å². The molecule has 4 N–H and O–H groups in total. The van der Waals surface area contributed by atoms with E-state index in [0.717, 1.165) is 0 Å². The summed E-state index contributed by atoms with van der Waals surface area (Å²) in [6.45, 7) is -0.0727. The lowest BCUT2D eigenvalue weighted by atomic mass is 9.96. The van der Waals surface area contributed by atoms with Crippen LogP contribution in [0.4, 0.5) is 0 Å². The third-order valence-corrected chi connectivity index (χ3v) is 2.65. The lowest BCUT2D eigenvalue weighted by Gasteiger charge is -2.20. The molecule has 1 unspecified atom stereocenters.